The Bertz CT molecular complexity index is 624. The number of carbonyl (C=O) groups is 1. The van der Waals surface area contributed by atoms with Crippen molar-refractivity contribution in [3.63, 3.8) is 0 Å². The van der Waals surface area contributed by atoms with Gasteiger partial charge in [-0.15, -0.1) is 0 Å². The minimum Gasteiger partial charge on any atom is -0.465 e. The number of methoxy groups -OCH3 is 1. The van der Waals surface area contributed by atoms with Crippen LogP contribution in [0.15, 0.2) is 53.6 Å². The number of hydrogen-bond acceptors (Lipinski definition) is 4. The first kappa shape index (κ1) is 14.1. The smallest absolute Gasteiger partial charge is 0.337 e. The van der Waals surface area contributed by atoms with Gasteiger partial charge in [-0.25, -0.2) is 4.79 Å². The second-order valence-corrected chi connectivity index (χ2v) is 4.43. The van der Waals surface area contributed by atoms with Crippen molar-refractivity contribution < 1.29 is 9.53 Å². The first-order valence-corrected chi connectivity index (χ1v) is 6.30. The van der Waals surface area contributed by atoms with E-state index in [1.165, 1.54) is 7.11 Å². The molecule has 0 saturated carbocycles. The highest BCUT2D eigenvalue weighted by Crippen LogP contribution is 2.14. The zero-order valence-electron chi connectivity index (χ0n) is 10.8. The van der Waals surface area contributed by atoms with Gasteiger partial charge in [0.1, 0.15) is 0 Å². The van der Waals surface area contributed by atoms with E-state index in [0.29, 0.717) is 10.6 Å². The number of benzene rings is 2. The van der Waals surface area contributed by atoms with Crippen LogP contribution in [0.2, 0.25) is 5.02 Å². The topological polar surface area (TPSA) is 50.7 Å². The highest BCUT2D eigenvalue weighted by molar-refractivity contribution is 6.30. The molecule has 2 aromatic rings. The Labute approximate surface area is 122 Å². The first-order valence-electron chi connectivity index (χ1n) is 5.92. The van der Waals surface area contributed by atoms with Crippen LogP contribution in [0.3, 0.4) is 0 Å². The summed E-state index contributed by atoms with van der Waals surface area (Å²) in [6.45, 7) is 0. The molecule has 0 aliphatic carbocycles. The van der Waals surface area contributed by atoms with Crippen LogP contribution in [0.4, 0.5) is 5.69 Å². The predicted molar refractivity (Wildman–Crippen MR) is 80.5 cm³/mol. The lowest BCUT2D eigenvalue weighted by Crippen LogP contribution is -2.00. The lowest BCUT2D eigenvalue weighted by molar-refractivity contribution is 0.0601. The van der Waals surface area contributed by atoms with Crippen LogP contribution >= 0.6 is 11.6 Å². The molecule has 0 atom stereocenters. The number of ether oxygens (including phenoxy) is 1. The average molecular weight is 289 g/mol. The van der Waals surface area contributed by atoms with E-state index < -0.39 is 0 Å². The minimum atomic E-state index is -0.356. The van der Waals surface area contributed by atoms with Crippen LogP contribution in [-0.4, -0.2) is 19.3 Å². The van der Waals surface area contributed by atoms with Crippen molar-refractivity contribution in [1.29, 1.82) is 0 Å². The van der Waals surface area contributed by atoms with Crippen LogP contribution in [0.5, 0.6) is 0 Å². The number of nitrogens with zero attached hydrogens (tertiary/aromatic N) is 1. The summed E-state index contributed by atoms with van der Waals surface area (Å²) in [5.41, 5.74) is 5.06. The number of nitrogens with one attached hydrogen (secondary N) is 1. The molecule has 5 heteroatoms. The molecule has 102 valence electrons. The summed E-state index contributed by atoms with van der Waals surface area (Å²) >= 11 is 5.87. The van der Waals surface area contributed by atoms with Crippen molar-refractivity contribution in [1.82, 2.24) is 0 Å². The van der Waals surface area contributed by atoms with Gasteiger partial charge < -0.3 is 4.74 Å². The molecule has 20 heavy (non-hydrogen) atoms. The number of esters is 1. The predicted octanol–water partition coefficient (Wildman–Crippen LogP) is 3.57. The fourth-order valence-corrected chi connectivity index (χ4v) is 1.75. The van der Waals surface area contributed by atoms with Gasteiger partial charge in [0, 0.05) is 5.02 Å². The summed E-state index contributed by atoms with van der Waals surface area (Å²) in [5.74, 6) is -0.356. The second kappa shape index (κ2) is 6.73. The fraction of sp³-hybridized carbons (Fsp3) is 0.0667. The number of halogens is 1. The lowest BCUT2D eigenvalue weighted by Gasteiger charge is -2.01. The Balaban J connectivity index is 1.99. The van der Waals surface area contributed by atoms with E-state index in [-0.39, 0.29) is 5.97 Å². The molecule has 0 spiro atoms. The third kappa shape index (κ3) is 3.83. The third-order valence-corrected chi connectivity index (χ3v) is 2.80. The first-order chi connectivity index (χ1) is 9.69. The van der Waals surface area contributed by atoms with Crippen molar-refractivity contribution in [2.45, 2.75) is 0 Å². The van der Waals surface area contributed by atoms with E-state index in [0.717, 1.165) is 11.3 Å². The van der Waals surface area contributed by atoms with Crippen molar-refractivity contribution in [3.8, 4) is 0 Å². The number of carbonyl (C=O) groups excluding carboxylic acids is 1. The Morgan fingerprint density at radius 3 is 2.65 bits per heavy atom. The van der Waals surface area contributed by atoms with Gasteiger partial charge in [-0.05, 0) is 35.9 Å². The standard InChI is InChI=1S/C15H13ClN2O2/c1-20-15(19)12-7-5-11(6-8-12)10-17-18-14-4-2-3-13(16)9-14/h2-10,18H,1H3/b17-10+. The molecule has 2 aromatic carbocycles. The van der Waals surface area contributed by atoms with Crippen molar-refractivity contribution in [2.24, 2.45) is 5.10 Å². The molecule has 0 heterocycles. The van der Waals surface area contributed by atoms with Crippen molar-refractivity contribution in [3.05, 3.63) is 64.7 Å². The van der Waals surface area contributed by atoms with Gasteiger partial charge in [-0.2, -0.15) is 5.10 Å². The monoisotopic (exact) mass is 288 g/mol. The van der Waals surface area contributed by atoms with Gasteiger partial charge in [-0.3, -0.25) is 5.43 Å². The summed E-state index contributed by atoms with van der Waals surface area (Å²) in [6.07, 6.45) is 1.65. The van der Waals surface area contributed by atoms with Crippen LogP contribution in [0.1, 0.15) is 15.9 Å². The molecule has 0 aliphatic heterocycles. The SMILES string of the molecule is COC(=O)c1ccc(/C=N/Nc2cccc(Cl)c2)cc1. The number of hydrogen-bond donors (Lipinski definition) is 1. The molecule has 4 nitrogen and oxygen atoms in total. The highest BCUT2D eigenvalue weighted by atomic mass is 35.5. The van der Waals surface area contributed by atoms with Gasteiger partial charge in [0.2, 0.25) is 0 Å². The molecule has 0 radical (unpaired) electrons. The van der Waals surface area contributed by atoms with Crippen LogP contribution in [0, 0.1) is 0 Å². The Morgan fingerprint density at radius 1 is 1.25 bits per heavy atom. The molecule has 0 bridgehead atoms. The van der Waals surface area contributed by atoms with Crippen molar-refractivity contribution in [2.75, 3.05) is 12.5 Å². The number of hydrazone groups is 1. The highest BCUT2D eigenvalue weighted by Gasteiger charge is 2.03. The third-order valence-electron chi connectivity index (χ3n) is 2.56. The zero-order chi connectivity index (χ0) is 14.4. The molecule has 0 amide bonds. The number of rotatable bonds is 4. The van der Waals surface area contributed by atoms with E-state index in [1.807, 2.05) is 12.1 Å². The summed E-state index contributed by atoms with van der Waals surface area (Å²) in [6, 6.07) is 14.2. The lowest BCUT2D eigenvalue weighted by atomic mass is 10.1. The van der Waals surface area contributed by atoms with E-state index in [1.54, 1.807) is 42.6 Å². The second-order valence-electron chi connectivity index (χ2n) is 3.99. The van der Waals surface area contributed by atoms with E-state index in [2.05, 4.69) is 15.3 Å². The molecule has 0 fully saturated rings. The van der Waals surface area contributed by atoms with Crippen LogP contribution in [-0.2, 0) is 4.74 Å². The minimum absolute atomic E-state index is 0.356. The Hall–Kier alpha value is -2.33. The molecule has 0 unspecified atom stereocenters. The average Bonchev–Trinajstić information content (AvgIpc) is 2.47. The molecule has 0 aromatic heterocycles. The molecule has 0 aliphatic rings. The van der Waals surface area contributed by atoms with Gasteiger partial charge in [0.25, 0.3) is 0 Å². The summed E-state index contributed by atoms with van der Waals surface area (Å²) in [5, 5.41) is 4.74. The molecular weight excluding hydrogens is 276 g/mol. The van der Waals surface area contributed by atoms with E-state index >= 15 is 0 Å². The van der Waals surface area contributed by atoms with E-state index in [4.69, 9.17) is 11.6 Å². The maximum atomic E-state index is 11.3. The summed E-state index contributed by atoms with van der Waals surface area (Å²) in [4.78, 5) is 11.3. The van der Waals surface area contributed by atoms with Gasteiger partial charge in [0.05, 0.1) is 24.6 Å². The maximum absolute atomic E-state index is 11.3. The Kier molecular flexibility index (Phi) is 4.74. The van der Waals surface area contributed by atoms with E-state index in [9.17, 15) is 4.79 Å². The normalized spacial score (nSPS) is 10.5. The van der Waals surface area contributed by atoms with Gasteiger partial charge in [0.15, 0.2) is 0 Å². The molecular formula is C15H13ClN2O2. The zero-order valence-corrected chi connectivity index (χ0v) is 11.6. The summed E-state index contributed by atoms with van der Waals surface area (Å²) in [7, 11) is 1.35. The Morgan fingerprint density at radius 2 is 2.00 bits per heavy atom. The summed E-state index contributed by atoms with van der Waals surface area (Å²) < 4.78 is 4.63. The number of anilines is 1. The molecule has 2 rings (SSSR count). The van der Waals surface area contributed by atoms with Crippen LogP contribution < -0.4 is 5.43 Å². The fourth-order valence-electron chi connectivity index (χ4n) is 1.56. The molecule has 0 saturated heterocycles. The van der Waals surface area contributed by atoms with Crippen molar-refractivity contribution >= 4 is 29.5 Å². The van der Waals surface area contributed by atoms with Gasteiger partial charge in [-0.1, -0.05) is 29.8 Å². The largest absolute Gasteiger partial charge is 0.465 e. The van der Waals surface area contributed by atoms with Crippen LogP contribution in [0.25, 0.3) is 0 Å². The quantitative estimate of drug-likeness (QED) is 0.531. The molecule has 1 N–H and O–H groups in total. The van der Waals surface area contributed by atoms with Gasteiger partial charge >= 0.3 is 5.97 Å². The maximum Gasteiger partial charge on any atom is 0.337 e.